The summed E-state index contributed by atoms with van der Waals surface area (Å²) in [5.41, 5.74) is 13.8. The summed E-state index contributed by atoms with van der Waals surface area (Å²) in [5, 5.41) is 3.38. The van der Waals surface area contributed by atoms with Gasteiger partial charge in [0.2, 0.25) is 5.91 Å². The normalized spacial score (nSPS) is 10.8. The number of aromatic nitrogens is 2. The SMILES string of the molecule is Nc1cc(N)nc(SCC(=O)NCCC(c2ccccc2)c2ccccc2)n1. The Bertz CT molecular complexity index is 845. The van der Waals surface area contributed by atoms with E-state index >= 15 is 0 Å². The average Bonchev–Trinajstić information content (AvgIpc) is 2.70. The molecule has 0 radical (unpaired) electrons. The van der Waals surface area contributed by atoms with Crippen molar-refractivity contribution in [1.29, 1.82) is 0 Å². The highest BCUT2D eigenvalue weighted by Gasteiger charge is 2.14. The lowest BCUT2D eigenvalue weighted by Gasteiger charge is -2.18. The van der Waals surface area contributed by atoms with Crippen LogP contribution in [0.2, 0.25) is 0 Å². The summed E-state index contributed by atoms with van der Waals surface area (Å²) in [5.74, 6) is 0.958. The summed E-state index contributed by atoms with van der Waals surface area (Å²) in [4.78, 5) is 20.3. The third-order valence-electron chi connectivity index (χ3n) is 4.24. The Labute approximate surface area is 168 Å². The number of rotatable bonds is 8. The number of nitrogens with one attached hydrogen (secondary N) is 1. The molecule has 5 N–H and O–H groups in total. The number of amides is 1. The van der Waals surface area contributed by atoms with Gasteiger partial charge in [0.25, 0.3) is 0 Å². The topological polar surface area (TPSA) is 107 Å². The molecule has 1 amide bonds. The fourth-order valence-electron chi connectivity index (χ4n) is 2.96. The summed E-state index contributed by atoms with van der Waals surface area (Å²) in [6.45, 7) is 0.577. The van der Waals surface area contributed by atoms with Crippen LogP contribution < -0.4 is 16.8 Å². The first kappa shape index (κ1) is 19.7. The van der Waals surface area contributed by atoms with Crippen molar-refractivity contribution in [2.75, 3.05) is 23.8 Å². The highest BCUT2D eigenvalue weighted by Crippen LogP contribution is 2.27. The Kier molecular flexibility index (Phi) is 6.86. The second kappa shape index (κ2) is 9.75. The molecular formula is C21H23N5OS. The van der Waals surface area contributed by atoms with Crippen LogP contribution >= 0.6 is 11.8 Å². The van der Waals surface area contributed by atoms with E-state index in [0.29, 0.717) is 23.3 Å². The van der Waals surface area contributed by atoms with E-state index in [2.05, 4.69) is 39.6 Å². The quantitative estimate of drug-likeness (QED) is 0.401. The van der Waals surface area contributed by atoms with Crippen molar-refractivity contribution >= 4 is 29.3 Å². The molecule has 28 heavy (non-hydrogen) atoms. The Balaban J connectivity index is 1.54. The summed E-state index contributed by atoms with van der Waals surface area (Å²) in [7, 11) is 0. The van der Waals surface area contributed by atoms with Crippen LogP contribution in [-0.2, 0) is 4.79 Å². The number of hydrogen-bond acceptors (Lipinski definition) is 6. The van der Waals surface area contributed by atoms with E-state index in [0.717, 1.165) is 6.42 Å². The number of carbonyl (C=O) groups is 1. The lowest BCUT2D eigenvalue weighted by molar-refractivity contribution is -0.118. The molecule has 0 aliphatic carbocycles. The number of hydrogen-bond donors (Lipinski definition) is 3. The molecule has 3 aromatic rings. The summed E-state index contributed by atoms with van der Waals surface area (Å²) in [6.07, 6.45) is 0.812. The van der Waals surface area contributed by atoms with Crippen molar-refractivity contribution in [1.82, 2.24) is 15.3 Å². The van der Waals surface area contributed by atoms with Crippen LogP contribution in [0.1, 0.15) is 23.5 Å². The largest absolute Gasteiger partial charge is 0.383 e. The average molecular weight is 394 g/mol. The molecule has 0 fully saturated rings. The van der Waals surface area contributed by atoms with Gasteiger partial charge in [0.15, 0.2) is 5.16 Å². The maximum absolute atomic E-state index is 12.2. The van der Waals surface area contributed by atoms with Gasteiger partial charge in [-0.25, -0.2) is 9.97 Å². The molecule has 0 saturated heterocycles. The van der Waals surface area contributed by atoms with E-state index in [1.165, 1.54) is 29.0 Å². The van der Waals surface area contributed by atoms with Gasteiger partial charge in [0, 0.05) is 18.5 Å². The van der Waals surface area contributed by atoms with Crippen LogP contribution in [0.4, 0.5) is 11.6 Å². The number of nitrogens with two attached hydrogens (primary N) is 2. The van der Waals surface area contributed by atoms with Gasteiger partial charge in [-0.2, -0.15) is 0 Å². The number of thioether (sulfide) groups is 1. The second-order valence-electron chi connectivity index (χ2n) is 6.30. The van der Waals surface area contributed by atoms with Gasteiger partial charge >= 0.3 is 0 Å². The lowest BCUT2D eigenvalue weighted by Crippen LogP contribution is -2.27. The Morgan fingerprint density at radius 1 is 0.929 bits per heavy atom. The molecule has 0 spiro atoms. The van der Waals surface area contributed by atoms with Gasteiger partial charge in [0.05, 0.1) is 5.75 Å². The Morgan fingerprint density at radius 3 is 2.00 bits per heavy atom. The van der Waals surface area contributed by atoms with Crippen molar-refractivity contribution in [3.05, 3.63) is 77.9 Å². The summed E-state index contributed by atoms with van der Waals surface area (Å²) < 4.78 is 0. The first-order chi connectivity index (χ1) is 13.6. The predicted octanol–water partition coefficient (Wildman–Crippen LogP) is 3.07. The van der Waals surface area contributed by atoms with Crippen LogP contribution in [0.15, 0.2) is 71.9 Å². The maximum atomic E-state index is 12.2. The third kappa shape index (κ3) is 5.72. The molecule has 1 aromatic heterocycles. The zero-order valence-electron chi connectivity index (χ0n) is 15.4. The third-order valence-corrected chi connectivity index (χ3v) is 5.08. The zero-order valence-corrected chi connectivity index (χ0v) is 16.2. The fourth-order valence-corrected chi connectivity index (χ4v) is 3.66. The first-order valence-corrected chi connectivity index (χ1v) is 10.00. The molecule has 144 valence electrons. The molecule has 1 heterocycles. The first-order valence-electron chi connectivity index (χ1n) is 9.01. The highest BCUT2D eigenvalue weighted by atomic mass is 32.2. The lowest BCUT2D eigenvalue weighted by atomic mass is 9.88. The van der Waals surface area contributed by atoms with Gasteiger partial charge in [-0.05, 0) is 17.5 Å². The molecule has 0 aliphatic heterocycles. The van der Waals surface area contributed by atoms with Crippen molar-refractivity contribution in [3.63, 3.8) is 0 Å². The molecule has 0 unspecified atom stereocenters. The van der Waals surface area contributed by atoms with Gasteiger partial charge in [-0.1, -0.05) is 72.4 Å². The van der Waals surface area contributed by atoms with Gasteiger partial charge in [-0.15, -0.1) is 0 Å². The fraction of sp³-hybridized carbons (Fsp3) is 0.190. The number of benzene rings is 2. The van der Waals surface area contributed by atoms with Gasteiger partial charge in [0.1, 0.15) is 11.6 Å². The molecule has 7 heteroatoms. The Hall–Kier alpha value is -3.06. The molecule has 0 aliphatic rings. The van der Waals surface area contributed by atoms with Crippen molar-refractivity contribution in [3.8, 4) is 0 Å². The monoisotopic (exact) mass is 393 g/mol. The maximum Gasteiger partial charge on any atom is 0.230 e. The number of nitrogen functional groups attached to an aromatic ring is 2. The van der Waals surface area contributed by atoms with Gasteiger partial charge in [-0.3, -0.25) is 4.79 Å². The van der Waals surface area contributed by atoms with Gasteiger partial charge < -0.3 is 16.8 Å². The Morgan fingerprint density at radius 2 is 1.46 bits per heavy atom. The second-order valence-corrected chi connectivity index (χ2v) is 7.24. The summed E-state index contributed by atoms with van der Waals surface area (Å²) in [6, 6.07) is 22.1. The molecule has 0 bridgehead atoms. The van der Waals surface area contributed by atoms with E-state index in [4.69, 9.17) is 11.5 Å². The smallest absolute Gasteiger partial charge is 0.230 e. The number of nitrogens with zero attached hydrogens (tertiary/aromatic N) is 2. The minimum atomic E-state index is -0.0746. The van der Waals surface area contributed by atoms with E-state index in [9.17, 15) is 4.79 Å². The van der Waals surface area contributed by atoms with Crippen molar-refractivity contribution in [2.45, 2.75) is 17.5 Å². The van der Waals surface area contributed by atoms with Crippen LogP contribution in [0.5, 0.6) is 0 Å². The van der Waals surface area contributed by atoms with E-state index in [1.807, 2.05) is 36.4 Å². The number of anilines is 2. The predicted molar refractivity (Wildman–Crippen MR) is 114 cm³/mol. The van der Waals surface area contributed by atoms with Crippen LogP contribution in [-0.4, -0.2) is 28.2 Å². The van der Waals surface area contributed by atoms with Crippen molar-refractivity contribution < 1.29 is 4.79 Å². The zero-order chi connectivity index (χ0) is 19.8. The van der Waals surface area contributed by atoms with E-state index in [1.54, 1.807) is 0 Å². The minimum Gasteiger partial charge on any atom is -0.383 e. The van der Waals surface area contributed by atoms with E-state index in [-0.39, 0.29) is 17.6 Å². The minimum absolute atomic E-state index is 0.0746. The molecule has 6 nitrogen and oxygen atoms in total. The highest BCUT2D eigenvalue weighted by molar-refractivity contribution is 7.99. The van der Waals surface area contributed by atoms with Crippen LogP contribution in [0.25, 0.3) is 0 Å². The van der Waals surface area contributed by atoms with Crippen LogP contribution in [0.3, 0.4) is 0 Å². The molecule has 2 aromatic carbocycles. The standard InChI is InChI=1S/C21H23N5OS/c22-18-13-19(23)26-21(25-18)28-14-20(27)24-12-11-17(15-7-3-1-4-8-15)16-9-5-2-6-10-16/h1-10,13,17H,11-12,14H2,(H,24,27)(H4,22,23,25,26). The molecule has 0 atom stereocenters. The molecule has 0 saturated carbocycles. The molecule has 3 rings (SSSR count). The van der Waals surface area contributed by atoms with Crippen molar-refractivity contribution in [2.24, 2.45) is 0 Å². The van der Waals surface area contributed by atoms with Crippen LogP contribution in [0, 0.1) is 0 Å². The molecular weight excluding hydrogens is 370 g/mol. The van der Waals surface area contributed by atoms with E-state index < -0.39 is 0 Å². The number of carbonyl (C=O) groups excluding carboxylic acids is 1. The summed E-state index contributed by atoms with van der Waals surface area (Å²) >= 11 is 1.21.